The molecule has 0 fully saturated rings. The first-order valence-corrected chi connectivity index (χ1v) is 18.7. The van der Waals surface area contributed by atoms with Gasteiger partial charge in [0.05, 0.1) is 11.2 Å². The summed E-state index contributed by atoms with van der Waals surface area (Å²) in [5.41, 5.74) is 2.24. The number of hydrogen-bond donors (Lipinski definition) is 0. The molecule has 0 aromatic carbocycles. The molecule has 0 heterocycles. The van der Waals surface area contributed by atoms with Crippen LogP contribution in [0, 0.1) is 23.7 Å². The maximum absolute atomic E-state index is 12.4. The van der Waals surface area contributed by atoms with E-state index in [-0.39, 0.29) is 17.0 Å². The van der Waals surface area contributed by atoms with Crippen molar-refractivity contribution in [3.8, 4) is 0 Å². The molecule has 3 nitrogen and oxygen atoms in total. The van der Waals surface area contributed by atoms with Crippen molar-refractivity contribution in [1.29, 1.82) is 0 Å². The van der Waals surface area contributed by atoms with Gasteiger partial charge in [-0.15, -0.1) is 0 Å². The first-order chi connectivity index (χ1) is 21.1. The number of carbonyl (C=O) groups excluding carboxylic acids is 1. The summed E-state index contributed by atoms with van der Waals surface area (Å²) in [5.74, 6) is 3.28. The normalized spacial score (nSPS) is 16.3. The standard InChI is InChI=1S/C42H78O3/c1-34(22-15-24-36(3)25-17-27-38(5)29-19-32-41(7,8)44-11)20-13-14-21-35(2)23-16-26-37(4)28-18-30-39(6)40(43)31-33-42(9,10)45-12/h14,21,27,30,34-37H,13,15-20,22-26,28-29,31-33H2,1-12H3/b21-14+,38-27+,39-30+. The van der Waals surface area contributed by atoms with Crippen LogP contribution in [0.3, 0.4) is 0 Å². The Balaban J connectivity index is 3.97. The number of ketones is 1. The zero-order valence-corrected chi connectivity index (χ0v) is 32.4. The van der Waals surface area contributed by atoms with Gasteiger partial charge in [0.15, 0.2) is 5.78 Å². The smallest absolute Gasteiger partial charge is 0.158 e. The fraction of sp³-hybridized carbons (Fsp3) is 0.833. The second kappa shape index (κ2) is 24.9. The Morgan fingerprint density at radius 3 is 1.67 bits per heavy atom. The maximum Gasteiger partial charge on any atom is 0.158 e. The van der Waals surface area contributed by atoms with Gasteiger partial charge in [-0.25, -0.2) is 0 Å². The van der Waals surface area contributed by atoms with Crippen LogP contribution < -0.4 is 0 Å². The van der Waals surface area contributed by atoms with Gasteiger partial charge in [0.2, 0.25) is 0 Å². The molecule has 0 spiro atoms. The minimum atomic E-state index is -0.228. The average molecular weight is 631 g/mol. The molecular formula is C42H78O3. The van der Waals surface area contributed by atoms with E-state index in [9.17, 15) is 4.79 Å². The predicted octanol–water partition coefficient (Wildman–Crippen LogP) is 13.0. The first-order valence-electron chi connectivity index (χ1n) is 18.7. The minimum absolute atomic E-state index is 0.00614. The summed E-state index contributed by atoms with van der Waals surface area (Å²) in [6, 6.07) is 0. The topological polar surface area (TPSA) is 35.5 Å². The molecule has 0 aliphatic carbocycles. The molecule has 0 aromatic rings. The molecule has 45 heavy (non-hydrogen) atoms. The molecule has 0 aromatic heterocycles. The molecule has 264 valence electrons. The molecule has 0 radical (unpaired) electrons. The molecular weight excluding hydrogens is 552 g/mol. The molecule has 4 atom stereocenters. The van der Waals surface area contributed by atoms with E-state index in [4.69, 9.17) is 9.47 Å². The van der Waals surface area contributed by atoms with Gasteiger partial charge in [0.1, 0.15) is 0 Å². The Bertz CT molecular complexity index is 846. The fourth-order valence-electron chi connectivity index (χ4n) is 5.86. The summed E-state index contributed by atoms with van der Waals surface area (Å²) < 4.78 is 11.0. The SMILES string of the molecule is COC(C)(C)CCC/C(C)=C/CCC(C)CCCC(C)CC/C=C/C(C)CCCC(C)CC/C=C(\C)C(=O)CCC(C)(C)OC. The molecule has 0 saturated carbocycles. The zero-order chi connectivity index (χ0) is 34.3. The molecule has 0 aliphatic rings. The highest BCUT2D eigenvalue weighted by Gasteiger charge is 2.18. The third kappa shape index (κ3) is 25.6. The lowest BCUT2D eigenvalue weighted by atomic mass is 9.92. The van der Waals surface area contributed by atoms with E-state index in [1.165, 1.54) is 83.5 Å². The Morgan fingerprint density at radius 1 is 0.622 bits per heavy atom. The Kier molecular flexibility index (Phi) is 24.3. The largest absolute Gasteiger partial charge is 0.379 e. The second-order valence-electron chi connectivity index (χ2n) is 16.0. The number of rotatable bonds is 28. The quantitative estimate of drug-likeness (QED) is 0.0637. The van der Waals surface area contributed by atoms with Crippen LogP contribution in [0.15, 0.2) is 35.5 Å². The molecule has 0 rings (SSSR count). The summed E-state index contributed by atoms with van der Waals surface area (Å²) in [6.45, 7) is 22.3. The minimum Gasteiger partial charge on any atom is -0.379 e. The van der Waals surface area contributed by atoms with Gasteiger partial charge < -0.3 is 9.47 Å². The molecule has 3 heteroatoms. The molecule has 4 unspecified atom stereocenters. The Labute approximate surface area is 282 Å². The van der Waals surface area contributed by atoms with E-state index in [0.717, 1.165) is 36.7 Å². The Morgan fingerprint density at radius 2 is 1.11 bits per heavy atom. The van der Waals surface area contributed by atoms with Crippen molar-refractivity contribution in [2.24, 2.45) is 23.7 Å². The maximum atomic E-state index is 12.4. The zero-order valence-electron chi connectivity index (χ0n) is 32.4. The lowest BCUT2D eigenvalue weighted by molar-refractivity contribution is -0.116. The third-order valence-electron chi connectivity index (χ3n) is 10.2. The van der Waals surface area contributed by atoms with Gasteiger partial charge >= 0.3 is 0 Å². The van der Waals surface area contributed by atoms with E-state index in [1.54, 1.807) is 12.7 Å². The summed E-state index contributed by atoms with van der Waals surface area (Å²) in [4.78, 5) is 12.4. The first kappa shape index (κ1) is 43.8. The van der Waals surface area contributed by atoms with Crippen molar-refractivity contribution < 1.29 is 14.3 Å². The van der Waals surface area contributed by atoms with Crippen LogP contribution in [0.2, 0.25) is 0 Å². The summed E-state index contributed by atoms with van der Waals surface area (Å²) in [7, 11) is 3.53. The van der Waals surface area contributed by atoms with E-state index in [2.05, 4.69) is 72.8 Å². The summed E-state index contributed by atoms with van der Waals surface area (Å²) >= 11 is 0. The average Bonchev–Trinajstić information content (AvgIpc) is 2.98. The van der Waals surface area contributed by atoms with E-state index in [1.807, 2.05) is 27.9 Å². The van der Waals surface area contributed by atoms with E-state index >= 15 is 0 Å². The highest BCUT2D eigenvalue weighted by Crippen LogP contribution is 2.23. The van der Waals surface area contributed by atoms with Gasteiger partial charge in [-0.1, -0.05) is 89.7 Å². The third-order valence-corrected chi connectivity index (χ3v) is 10.2. The molecule has 0 amide bonds. The van der Waals surface area contributed by atoms with Gasteiger partial charge in [0.25, 0.3) is 0 Å². The van der Waals surface area contributed by atoms with Crippen molar-refractivity contribution in [3.63, 3.8) is 0 Å². The van der Waals surface area contributed by atoms with Crippen LogP contribution in [-0.4, -0.2) is 31.2 Å². The van der Waals surface area contributed by atoms with Crippen LogP contribution in [0.5, 0.6) is 0 Å². The van der Waals surface area contributed by atoms with Crippen LogP contribution in [-0.2, 0) is 14.3 Å². The monoisotopic (exact) mass is 631 g/mol. The van der Waals surface area contributed by atoms with Crippen LogP contribution >= 0.6 is 0 Å². The van der Waals surface area contributed by atoms with Crippen molar-refractivity contribution >= 4 is 5.78 Å². The van der Waals surface area contributed by atoms with Crippen LogP contribution in [0.25, 0.3) is 0 Å². The number of carbonyl (C=O) groups is 1. The summed E-state index contributed by atoms with van der Waals surface area (Å²) in [5, 5.41) is 0. The second-order valence-corrected chi connectivity index (χ2v) is 16.0. The van der Waals surface area contributed by atoms with Gasteiger partial charge in [-0.2, -0.15) is 0 Å². The van der Waals surface area contributed by atoms with E-state index < -0.39 is 0 Å². The molecule has 0 N–H and O–H groups in total. The van der Waals surface area contributed by atoms with Gasteiger partial charge in [-0.3, -0.25) is 4.79 Å². The van der Waals surface area contributed by atoms with Crippen molar-refractivity contribution in [2.75, 3.05) is 14.2 Å². The molecule has 0 aliphatic heterocycles. The summed E-state index contributed by atoms with van der Waals surface area (Å²) in [6.07, 6.45) is 29.6. The predicted molar refractivity (Wildman–Crippen MR) is 199 cm³/mol. The van der Waals surface area contributed by atoms with Crippen molar-refractivity contribution in [3.05, 3.63) is 35.5 Å². The Hall–Kier alpha value is -1.19. The highest BCUT2D eigenvalue weighted by molar-refractivity contribution is 5.94. The van der Waals surface area contributed by atoms with Crippen molar-refractivity contribution in [2.45, 2.75) is 190 Å². The number of hydrogen-bond acceptors (Lipinski definition) is 3. The fourth-order valence-corrected chi connectivity index (χ4v) is 5.86. The number of allylic oxidation sites excluding steroid dienone is 6. The van der Waals surface area contributed by atoms with Crippen molar-refractivity contribution in [1.82, 2.24) is 0 Å². The molecule has 0 saturated heterocycles. The van der Waals surface area contributed by atoms with Gasteiger partial charge in [0, 0.05) is 20.6 Å². The highest BCUT2D eigenvalue weighted by atomic mass is 16.5. The molecule has 0 bridgehead atoms. The lowest BCUT2D eigenvalue weighted by Crippen LogP contribution is -2.23. The number of methoxy groups -OCH3 is 2. The number of ether oxygens (including phenoxy) is 2. The number of Topliss-reactive ketones (excluding diaryl/α,β-unsaturated/α-hetero) is 1. The van der Waals surface area contributed by atoms with Crippen LogP contribution in [0.1, 0.15) is 178 Å². The lowest BCUT2D eigenvalue weighted by Gasteiger charge is -2.22. The van der Waals surface area contributed by atoms with Crippen LogP contribution in [0.4, 0.5) is 0 Å². The van der Waals surface area contributed by atoms with E-state index in [0.29, 0.717) is 18.3 Å². The van der Waals surface area contributed by atoms with Gasteiger partial charge in [-0.05, 0) is 141 Å².